The van der Waals surface area contributed by atoms with Gasteiger partial charge in [0.25, 0.3) is 0 Å². The lowest BCUT2D eigenvalue weighted by Gasteiger charge is -2.07. The molecule has 0 saturated carbocycles. The molecule has 0 aliphatic carbocycles. The van der Waals surface area contributed by atoms with Gasteiger partial charge >= 0.3 is 0 Å². The van der Waals surface area contributed by atoms with Crippen molar-refractivity contribution in [3.05, 3.63) is 29.8 Å². The van der Waals surface area contributed by atoms with Crippen molar-refractivity contribution >= 4 is 12.4 Å². The number of benzene rings is 1. The van der Waals surface area contributed by atoms with Gasteiger partial charge in [-0.2, -0.15) is 0 Å². The zero-order chi connectivity index (χ0) is 9.68. The minimum atomic E-state index is 0. The monoisotopic (exact) mass is 215 g/mol. The van der Waals surface area contributed by atoms with Gasteiger partial charge in [-0.05, 0) is 31.0 Å². The maximum atomic E-state index is 5.72. The first-order chi connectivity index (χ1) is 6.24. The van der Waals surface area contributed by atoms with Crippen molar-refractivity contribution < 1.29 is 4.74 Å². The van der Waals surface area contributed by atoms with Gasteiger partial charge in [0.1, 0.15) is 5.75 Å². The lowest BCUT2D eigenvalue weighted by Crippen LogP contribution is -2.04. The van der Waals surface area contributed by atoms with Gasteiger partial charge in [0.15, 0.2) is 0 Å². The standard InChI is InChI=1S/C11H17NO.ClH/c1-3-8-13-11-6-4-10(5-7-11)9(2)12;/h4-7,9H,3,8,12H2,1-2H3;1H. The first-order valence-corrected chi connectivity index (χ1v) is 4.72. The van der Waals surface area contributed by atoms with E-state index in [9.17, 15) is 0 Å². The Morgan fingerprint density at radius 3 is 2.29 bits per heavy atom. The summed E-state index contributed by atoms with van der Waals surface area (Å²) in [5.41, 5.74) is 6.87. The van der Waals surface area contributed by atoms with Crippen LogP contribution in [0.25, 0.3) is 0 Å². The molecule has 0 heterocycles. The number of rotatable bonds is 4. The summed E-state index contributed by atoms with van der Waals surface area (Å²) in [6.45, 7) is 4.84. The molecular formula is C11H18ClNO. The molecule has 0 radical (unpaired) electrons. The van der Waals surface area contributed by atoms with Gasteiger partial charge in [0.2, 0.25) is 0 Å². The number of hydrogen-bond donors (Lipinski definition) is 1. The molecule has 0 bridgehead atoms. The van der Waals surface area contributed by atoms with Gasteiger partial charge in [-0.1, -0.05) is 19.1 Å². The summed E-state index contributed by atoms with van der Waals surface area (Å²) in [5, 5.41) is 0. The van der Waals surface area contributed by atoms with Gasteiger partial charge in [-0.3, -0.25) is 0 Å². The van der Waals surface area contributed by atoms with Crippen molar-refractivity contribution in [3.8, 4) is 5.75 Å². The summed E-state index contributed by atoms with van der Waals surface area (Å²) in [7, 11) is 0. The predicted octanol–water partition coefficient (Wildman–Crippen LogP) is 2.92. The minimum absolute atomic E-state index is 0. The first kappa shape index (κ1) is 13.3. The molecule has 0 spiro atoms. The van der Waals surface area contributed by atoms with Crippen molar-refractivity contribution in [1.29, 1.82) is 0 Å². The van der Waals surface area contributed by atoms with Crippen LogP contribution in [0, 0.1) is 0 Å². The second kappa shape index (κ2) is 6.68. The molecule has 0 aliphatic heterocycles. The van der Waals surface area contributed by atoms with E-state index in [1.165, 1.54) is 0 Å². The van der Waals surface area contributed by atoms with E-state index in [0.717, 1.165) is 24.3 Å². The zero-order valence-electron chi connectivity index (χ0n) is 8.69. The molecule has 80 valence electrons. The number of hydrogen-bond acceptors (Lipinski definition) is 2. The molecule has 0 aliphatic rings. The molecule has 3 heteroatoms. The minimum Gasteiger partial charge on any atom is -0.494 e. The normalized spacial score (nSPS) is 11.6. The Hall–Kier alpha value is -0.730. The molecule has 0 saturated heterocycles. The van der Waals surface area contributed by atoms with E-state index < -0.39 is 0 Å². The number of nitrogens with two attached hydrogens (primary N) is 1. The molecule has 1 aromatic rings. The highest BCUT2D eigenvalue weighted by Gasteiger charge is 1.98. The maximum Gasteiger partial charge on any atom is 0.119 e. The van der Waals surface area contributed by atoms with E-state index in [1.807, 2.05) is 31.2 Å². The van der Waals surface area contributed by atoms with E-state index in [-0.39, 0.29) is 18.4 Å². The van der Waals surface area contributed by atoms with Crippen molar-refractivity contribution in [3.63, 3.8) is 0 Å². The Balaban J connectivity index is 0.00000169. The van der Waals surface area contributed by atoms with E-state index in [4.69, 9.17) is 10.5 Å². The van der Waals surface area contributed by atoms with E-state index >= 15 is 0 Å². The lowest BCUT2D eigenvalue weighted by molar-refractivity contribution is 0.317. The van der Waals surface area contributed by atoms with Crippen LogP contribution in [-0.4, -0.2) is 6.61 Å². The van der Waals surface area contributed by atoms with Gasteiger partial charge in [-0.15, -0.1) is 12.4 Å². The van der Waals surface area contributed by atoms with Crippen molar-refractivity contribution in [2.75, 3.05) is 6.61 Å². The summed E-state index contributed by atoms with van der Waals surface area (Å²) in [4.78, 5) is 0. The van der Waals surface area contributed by atoms with Crippen molar-refractivity contribution in [1.82, 2.24) is 0 Å². The van der Waals surface area contributed by atoms with Crippen LogP contribution in [0.1, 0.15) is 31.9 Å². The Bertz CT molecular complexity index is 246. The molecule has 1 aromatic carbocycles. The van der Waals surface area contributed by atoms with Crippen LogP contribution in [0.3, 0.4) is 0 Å². The summed E-state index contributed by atoms with van der Waals surface area (Å²) in [5.74, 6) is 0.922. The van der Waals surface area contributed by atoms with E-state index in [2.05, 4.69) is 6.92 Å². The highest BCUT2D eigenvalue weighted by Crippen LogP contribution is 2.15. The fraction of sp³-hybridized carbons (Fsp3) is 0.455. The Labute approximate surface area is 91.9 Å². The molecule has 0 amide bonds. The van der Waals surface area contributed by atoms with Crippen LogP contribution in [-0.2, 0) is 0 Å². The summed E-state index contributed by atoms with van der Waals surface area (Å²) < 4.78 is 5.45. The van der Waals surface area contributed by atoms with Crippen LogP contribution in [0.4, 0.5) is 0 Å². The second-order valence-corrected chi connectivity index (χ2v) is 3.21. The van der Waals surface area contributed by atoms with Crippen molar-refractivity contribution in [2.24, 2.45) is 5.73 Å². The molecule has 1 rings (SSSR count). The average molecular weight is 216 g/mol. The largest absolute Gasteiger partial charge is 0.494 e. The zero-order valence-corrected chi connectivity index (χ0v) is 9.51. The fourth-order valence-corrected chi connectivity index (χ4v) is 1.09. The third kappa shape index (κ3) is 3.99. The number of ether oxygens (including phenoxy) is 1. The van der Waals surface area contributed by atoms with Gasteiger partial charge in [0.05, 0.1) is 6.61 Å². The number of halogens is 1. The predicted molar refractivity (Wildman–Crippen MR) is 62.1 cm³/mol. The summed E-state index contributed by atoms with van der Waals surface area (Å²) >= 11 is 0. The molecule has 1 atom stereocenters. The highest BCUT2D eigenvalue weighted by atomic mass is 35.5. The Kier molecular flexibility index (Phi) is 6.34. The van der Waals surface area contributed by atoms with Gasteiger partial charge < -0.3 is 10.5 Å². The Morgan fingerprint density at radius 2 is 1.86 bits per heavy atom. The third-order valence-corrected chi connectivity index (χ3v) is 1.88. The van der Waals surface area contributed by atoms with E-state index in [0.29, 0.717) is 0 Å². The molecule has 2 nitrogen and oxygen atoms in total. The lowest BCUT2D eigenvalue weighted by atomic mass is 10.1. The van der Waals surface area contributed by atoms with Crippen LogP contribution in [0.2, 0.25) is 0 Å². The summed E-state index contributed by atoms with van der Waals surface area (Å²) in [6.07, 6.45) is 1.04. The molecule has 14 heavy (non-hydrogen) atoms. The highest BCUT2D eigenvalue weighted by molar-refractivity contribution is 5.85. The second-order valence-electron chi connectivity index (χ2n) is 3.21. The SMILES string of the molecule is CCCOc1ccc(C(C)N)cc1.Cl. The topological polar surface area (TPSA) is 35.2 Å². The third-order valence-electron chi connectivity index (χ3n) is 1.88. The molecule has 0 fully saturated rings. The van der Waals surface area contributed by atoms with Crippen LogP contribution < -0.4 is 10.5 Å². The first-order valence-electron chi connectivity index (χ1n) is 4.72. The molecule has 2 N–H and O–H groups in total. The van der Waals surface area contributed by atoms with Gasteiger partial charge in [0, 0.05) is 6.04 Å². The van der Waals surface area contributed by atoms with Gasteiger partial charge in [-0.25, -0.2) is 0 Å². The molecular weight excluding hydrogens is 198 g/mol. The van der Waals surface area contributed by atoms with Crippen LogP contribution >= 0.6 is 12.4 Å². The van der Waals surface area contributed by atoms with Crippen LogP contribution in [0.5, 0.6) is 5.75 Å². The summed E-state index contributed by atoms with van der Waals surface area (Å²) in [6, 6.07) is 8.05. The Morgan fingerprint density at radius 1 is 1.29 bits per heavy atom. The van der Waals surface area contributed by atoms with Crippen molar-refractivity contribution in [2.45, 2.75) is 26.3 Å². The van der Waals surface area contributed by atoms with Crippen LogP contribution in [0.15, 0.2) is 24.3 Å². The molecule has 0 aromatic heterocycles. The average Bonchev–Trinajstić information content (AvgIpc) is 2.15. The maximum absolute atomic E-state index is 5.72. The quantitative estimate of drug-likeness (QED) is 0.838. The smallest absolute Gasteiger partial charge is 0.119 e. The van der Waals surface area contributed by atoms with E-state index in [1.54, 1.807) is 0 Å². The molecule has 1 unspecified atom stereocenters. The fourth-order valence-electron chi connectivity index (χ4n) is 1.09.